The van der Waals surface area contributed by atoms with Crippen LogP contribution in [0.1, 0.15) is 20.3 Å². The molecule has 0 fully saturated rings. The zero-order valence-corrected chi connectivity index (χ0v) is 5.02. The number of hydrogen-bond donors (Lipinski definition) is 2. The molecule has 0 rings (SSSR count). The SMILES string of the molecule is CC(N)C[C@H](C)N. The molecule has 0 heterocycles. The van der Waals surface area contributed by atoms with Crippen LogP contribution in [0.2, 0.25) is 0 Å². The topological polar surface area (TPSA) is 52.0 Å². The molecule has 0 aromatic carbocycles. The van der Waals surface area contributed by atoms with Crippen LogP contribution in [0.5, 0.6) is 0 Å². The first-order valence-electron chi connectivity index (χ1n) is 2.64. The van der Waals surface area contributed by atoms with E-state index in [-0.39, 0.29) is 12.1 Å². The van der Waals surface area contributed by atoms with Crippen LogP contribution in [0.25, 0.3) is 0 Å². The number of hydrogen-bond acceptors (Lipinski definition) is 2. The minimum absolute atomic E-state index is 0.250. The van der Waals surface area contributed by atoms with Gasteiger partial charge in [-0.2, -0.15) is 0 Å². The summed E-state index contributed by atoms with van der Waals surface area (Å²) in [6.45, 7) is 3.92. The van der Waals surface area contributed by atoms with E-state index in [1.165, 1.54) is 0 Å². The molecule has 0 bridgehead atoms. The monoisotopic (exact) mass is 102 g/mol. The van der Waals surface area contributed by atoms with Gasteiger partial charge in [0.2, 0.25) is 0 Å². The van der Waals surface area contributed by atoms with Crippen molar-refractivity contribution in [2.24, 2.45) is 11.5 Å². The van der Waals surface area contributed by atoms with Gasteiger partial charge >= 0.3 is 0 Å². The highest BCUT2D eigenvalue weighted by atomic mass is 14.7. The summed E-state index contributed by atoms with van der Waals surface area (Å²) in [7, 11) is 0. The van der Waals surface area contributed by atoms with Crippen LogP contribution in [0.3, 0.4) is 0 Å². The minimum Gasteiger partial charge on any atom is -0.328 e. The summed E-state index contributed by atoms with van der Waals surface area (Å²) in [5.41, 5.74) is 10.8. The highest BCUT2D eigenvalue weighted by Crippen LogP contribution is 1.88. The van der Waals surface area contributed by atoms with Crippen molar-refractivity contribution in [3.63, 3.8) is 0 Å². The molecule has 4 N–H and O–H groups in total. The van der Waals surface area contributed by atoms with Crippen molar-refractivity contribution in [1.29, 1.82) is 0 Å². The Morgan fingerprint density at radius 1 is 1.14 bits per heavy atom. The normalized spacial score (nSPS) is 18.9. The molecule has 0 saturated heterocycles. The van der Waals surface area contributed by atoms with Crippen LogP contribution in [0, 0.1) is 0 Å². The van der Waals surface area contributed by atoms with E-state index in [1.807, 2.05) is 13.8 Å². The third kappa shape index (κ3) is 5.92. The van der Waals surface area contributed by atoms with Gasteiger partial charge in [-0.25, -0.2) is 0 Å². The fraction of sp³-hybridized carbons (Fsp3) is 1.00. The predicted molar refractivity (Wildman–Crippen MR) is 31.9 cm³/mol. The molecule has 0 aliphatic heterocycles. The van der Waals surface area contributed by atoms with Gasteiger partial charge in [0, 0.05) is 12.1 Å². The summed E-state index contributed by atoms with van der Waals surface area (Å²) in [4.78, 5) is 0. The summed E-state index contributed by atoms with van der Waals surface area (Å²) < 4.78 is 0. The lowest BCUT2D eigenvalue weighted by Gasteiger charge is -2.06. The third-order valence-electron chi connectivity index (χ3n) is 0.744. The average Bonchev–Trinajstić information content (AvgIpc) is 1.27. The second kappa shape index (κ2) is 2.99. The largest absolute Gasteiger partial charge is 0.328 e. The Labute approximate surface area is 44.9 Å². The first-order valence-corrected chi connectivity index (χ1v) is 2.64. The molecule has 2 atom stereocenters. The zero-order valence-electron chi connectivity index (χ0n) is 5.02. The average molecular weight is 102 g/mol. The summed E-state index contributed by atoms with van der Waals surface area (Å²) in [5.74, 6) is 0. The van der Waals surface area contributed by atoms with Crippen LogP contribution in [-0.4, -0.2) is 12.1 Å². The molecule has 0 aromatic heterocycles. The fourth-order valence-corrected chi connectivity index (χ4v) is 0.586. The van der Waals surface area contributed by atoms with Crippen molar-refractivity contribution in [3.05, 3.63) is 0 Å². The van der Waals surface area contributed by atoms with Crippen LogP contribution in [0.15, 0.2) is 0 Å². The van der Waals surface area contributed by atoms with E-state index in [0.717, 1.165) is 6.42 Å². The maximum Gasteiger partial charge on any atom is 0.00251 e. The first-order chi connectivity index (χ1) is 3.13. The van der Waals surface area contributed by atoms with Crippen molar-refractivity contribution >= 4 is 0 Å². The Bertz CT molecular complexity index is 35.3. The van der Waals surface area contributed by atoms with Gasteiger partial charge in [0.15, 0.2) is 0 Å². The summed E-state index contributed by atoms with van der Waals surface area (Å²) in [6, 6.07) is 0.500. The number of rotatable bonds is 2. The predicted octanol–water partition coefficient (Wildman–Crippen LogP) is 0.0709. The molecule has 0 amide bonds. The third-order valence-corrected chi connectivity index (χ3v) is 0.744. The zero-order chi connectivity index (χ0) is 5.86. The van der Waals surface area contributed by atoms with Crippen LogP contribution in [0.4, 0.5) is 0 Å². The highest BCUT2D eigenvalue weighted by Gasteiger charge is 1.96. The summed E-state index contributed by atoms with van der Waals surface area (Å²) in [6.07, 6.45) is 0.917. The molecule has 44 valence electrons. The lowest BCUT2D eigenvalue weighted by Crippen LogP contribution is -2.26. The highest BCUT2D eigenvalue weighted by molar-refractivity contribution is 4.60. The quantitative estimate of drug-likeness (QED) is 0.518. The maximum absolute atomic E-state index is 5.41. The van der Waals surface area contributed by atoms with Gasteiger partial charge in [0.1, 0.15) is 0 Å². The molecular weight excluding hydrogens is 88.1 g/mol. The van der Waals surface area contributed by atoms with Gasteiger partial charge in [-0.3, -0.25) is 0 Å². The van der Waals surface area contributed by atoms with Crippen molar-refractivity contribution in [2.75, 3.05) is 0 Å². The molecule has 0 aliphatic rings. The second-order valence-corrected chi connectivity index (χ2v) is 2.19. The van der Waals surface area contributed by atoms with Crippen molar-refractivity contribution in [3.8, 4) is 0 Å². The van der Waals surface area contributed by atoms with E-state index >= 15 is 0 Å². The van der Waals surface area contributed by atoms with E-state index in [2.05, 4.69) is 0 Å². The summed E-state index contributed by atoms with van der Waals surface area (Å²) in [5, 5.41) is 0. The molecule has 0 radical (unpaired) electrons. The van der Waals surface area contributed by atoms with Gasteiger partial charge in [-0.1, -0.05) is 0 Å². The molecule has 2 nitrogen and oxygen atoms in total. The van der Waals surface area contributed by atoms with Crippen LogP contribution >= 0.6 is 0 Å². The lowest BCUT2D eigenvalue weighted by atomic mass is 10.1. The van der Waals surface area contributed by atoms with E-state index in [1.54, 1.807) is 0 Å². The second-order valence-electron chi connectivity index (χ2n) is 2.19. The molecule has 0 aliphatic carbocycles. The van der Waals surface area contributed by atoms with Gasteiger partial charge in [-0.05, 0) is 20.3 Å². The molecule has 7 heavy (non-hydrogen) atoms. The molecule has 0 aromatic rings. The van der Waals surface area contributed by atoms with Gasteiger partial charge in [0.25, 0.3) is 0 Å². The minimum atomic E-state index is 0.250. The molecule has 0 spiro atoms. The molecule has 2 heteroatoms. The Morgan fingerprint density at radius 3 is 1.43 bits per heavy atom. The van der Waals surface area contributed by atoms with Crippen LogP contribution in [-0.2, 0) is 0 Å². The van der Waals surface area contributed by atoms with Crippen molar-refractivity contribution in [2.45, 2.75) is 32.4 Å². The Hall–Kier alpha value is -0.0800. The Kier molecular flexibility index (Phi) is 2.96. The standard InChI is InChI=1S/C5H14N2/c1-4(6)3-5(2)7/h4-5H,3,6-7H2,1-2H3/t4-,5?/m0/s1. The molecule has 1 unspecified atom stereocenters. The van der Waals surface area contributed by atoms with Crippen LogP contribution < -0.4 is 11.5 Å². The smallest absolute Gasteiger partial charge is 0.00251 e. The van der Waals surface area contributed by atoms with Gasteiger partial charge in [-0.15, -0.1) is 0 Å². The maximum atomic E-state index is 5.41. The van der Waals surface area contributed by atoms with E-state index in [4.69, 9.17) is 11.5 Å². The van der Waals surface area contributed by atoms with E-state index in [0.29, 0.717) is 0 Å². The van der Waals surface area contributed by atoms with Gasteiger partial charge < -0.3 is 11.5 Å². The number of nitrogens with two attached hydrogens (primary N) is 2. The Balaban J connectivity index is 2.95. The molecule has 0 saturated carbocycles. The Morgan fingerprint density at radius 2 is 1.43 bits per heavy atom. The van der Waals surface area contributed by atoms with Gasteiger partial charge in [0.05, 0.1) is 0 Å². The lowest BCUT2D eigenvalue weighted by molar-refractivity contribution is 0.580. The first kappa shape index (κ1) is 6.92. The van der Waals surface area contributed by atoms with Crippen molar-refractivity contribution in [1.82, 2.24) is 0 Å². The fourth-order valence-electron chi connectivity index (χ4n) is 0.586. The van der Waals surface area contributed by atoms with E-state index < -0.39 is 0 Å². The van der Waals surface area contributed by atoms with Crippen molar-refractivity contribution < 1.29 is 0 Å². The van der Waals surface area contributed by atoms with E-state index in [9.17, 15) is 0 Å². The summed E-state index contributed by atoms with van der Waals surface area (Å²) >= 11 is 0. The molecular formula is C5H14N2.